The second-order valence-corrected chi connectivity index (χ2v) is 8.36. The van der Waals surface area contributed by atoms with Gasteiger partial charge in [-0.25, -0.2) is 13.1 Å². The normalized spacial score (nSPS) is 22.1. The van der Waals surface area contributed by atoms with Crippen LogP contribution in [0.3, 0.4) is 0 Å². The van der Waals surface area contributed by atoms with Gasteiger partial charge in [-0.15, -0.1) is 0 Å². The number of nitrogen functional groups attached to an aromatic ring is 1. The Hall–Kier alpha value is -0.490. The zero-order valence-corrected chi connectivity index (χ0v) is 13.7. The van der Waals surface area contributed by atoms with Gasteiger partial charge in [0.15, 0.2) is 0 Å². The fourth-order valence-electron chi connectivity index (χ4n) is 2.66. The number of hydrogen-bond acceptors (Lipinski definition) is 3. The molecule has 1 unspecified atom stereocenters. The molecular formula is C13H18Cl2N2O2S. The molecule has 1 aliphatic rings. The van der Waals surface area contributed by atoms with E-state index in [1.807, 2.05) is 0 Å². The first-order chi connectivity index (χ1) is 9.13. The molecule has 0 aliphatic heterocycles. The number of nitrogens with two attached hydrogens (primary N) is 1. The van der Waals surface area contributed by atoms with Gasteiger partial charge in [0.1, 0.15) is 4.90 Å². The van der Waals surface area contributed by atoms with Crippen molar-refractivity contribution < 1.29 is 8.42 Å². The molecule has 1 aliphatic carbocycles. The molecule has 1 fully saturated rings. The first-order valence-electron chi connectivity index (χ1n) is 6.40. The monoisotopic (exact) mass is 336 g/mol. The first kappa shape index (κ1) is 15.9. The number of benzene rings is 1. The summed E-state index contributed by atoms with van der Waals surface area (Å²) in [5.74, 6) is 0. The van der Waals surface area contributed by atoms with Crippen LogP contribution < -0.4 is 10.5 Å². The van der Waals surface area contributed by atoms with Gasteiger partial charge in [-0.3, -0.25) is 0 Å². The summed E-state index contributed by atoms with van der Waals surface area (Å²) in [5.41, 5.74) is 5.75. The highest BCUT2D eigenvalue weighted by Gasteiger charge is 2.38. The highest BCUT2D eigenvalue weighted by Crippen LogP contribution is 2.39. The summed E-state index contributed by atoms with van der Waals surface area (Å²) >= 11 is 11.8. The van der Waals surface area contributed by atoms with Crippen molar-refractivity contribution in [2.24, 2.45) is 5.41 Å². The fraction of sp³-hybridized carbons (Fsp3) is 0.538. The molecule has 4 nitrogen and oxygen atoms in total. The summed E-state index contributed by atoms with van der Waals surface area (Å²) in [4.78, 5) is -0.0914. The number of nitrogens with one attached hydrogen (secondary N) is 1. The zero-order valence-electron chi connectivity index (χ0n) is 11.4. The van der Waals surface area contributed by atoms with Crippen LogP contribution in [0.5, 0.6) is 0 Å². The number of rotatable bonds is 3. The molecule has 0 saturated heterocycles. The van der Waals surface area contributed by atoms with Gasteiger partial charge in [0, 0.05) is 11.1 Å². The van der Waals surface area contributed by atoms with Crippen LogP contribution in [0.1, 0.15) is 33.1 Å². The molecule has 20 heavy (non-hydrogen) atoms. The molecular weight excluding hydrogens is 319 g/mol. The number of hydrogen-bond donors (Lipinski definition) is 2. The molecule has 0 amide bonds. The van der Waals surface area contributed by atoms with Crippen LogP contribution in [0.4, 0.5) is 5.69 Å². The Morgan fingerprint density at radius 3 is 2.50 bits per heavy atom. The standard InChI is InChI=1S/C13H18Cl2N2O2S/c1-13(2)5-3-4-11(13)17-20(18,19)12-9(15)6-8(14)7-10(12)16/h6-7,11,17H,3-5,16H2,1-2H3. The molecule has 2 rings (SSSR count). The Morgan fingerprint density at radius 2 is 2.00 bits per heavy atom. The number of halogens is 2. The minimum atomic E-state index is -3.76. The minimum absolute atomic E-state index is 0.0401. The summed E-state index contributed by atoms with van der Waals surface area (Å²) < 4.78 is 27.7. The Morgan fingerprint density at radius 1 is 1.35 bits per heavy atom. The predicted molar refractivity (Wildman–Crippen MR) is 82.6 cm³/mol. The molecule has 1 atom stereocenters. The Bertz CT molecular complexity index is 606. The van der Waals surface area contributed by atoms with Crippen molar-refractivity contribution in [1.82, 2.24) is 4.72 Å². The van der Waals surface area contributed by atoms with Gasteiger partial charge in [0.2, 0.25) is 10.0 Å². The second kappa shape index (κ2) is 5.37. The third kappa shape index (κ3) is 3.06. The van der Waals surface area contributed by atoms with Crippen LogP contribution in [0.2, 0.25) is 10.0 Å². The lowest BCUT2D eigenvalue weighted by Gasteiger charge is -2.28. The largest absolute Gasteiger partial charge is 0.398 e. The van der Waals surface area contributed by atoms with Crippen molar-refractivity contribution in [2.45, 2.75) is 44.0 Å². The van der Waals surface area contributed by atoms with E-state index in [-0.39, 0.29) is 27.1 Å². The van der Waals surface area contributed by atoms with Crippen LogP contribution in [0.15, 0.2) is 17.0 Å². The van der Waals surface area contributed by atoms with Gasteiger partial charge in [0.05, 0.1) is 10.7 Å². The van der Waals surface area contributed by atoms with E-state index in [2.05, 4.69) is 18.6 Å². The molecule has 0 heterocycles. The molecule has 1 aromatic rings. The molecule has 0 radical (unpaired) electrons. The summed E-state index contributed by atoms with van der Waals surface area (Å²) in [5, 5.41) is 0.353. The highest BCUT2D eigenvalue weighted by molar-refractivity contribution is 7.89. The van der Waals surface area contributed by atoms with Crippen LogP contribution >= 0.6 is 23.2 Å². The van der Waals surface area contributed by atoms with E-state index in [0.29, 0.717) is 5.02 Å². The average Bonchev–Trinajstić information content (AvgIpc) is 2.55. The highest BCUT2D eigenvalue weighted by atomic mass is 35.5. The molecule has 3 N–H and O–H groups in total. The Balaban J connectivity index is 2.37. The smallest absolute Gasteiger partial charge is 0.244 e. The molecule has 0 spiro atoms. The van der Waals surface area contributed by atoms with Gasteiger partial charge in [-0.2, -0.15) is 0 Å². The topological polar surface area (TPSA) is 72.2 Å². The maximum atomic E-state index is 12.5. The maximum absolute atomic E-state index is 12.5. The summed E-state index contributed by atoms with van der Waals surface area (Å²) in [7, 11) is -3.76. The van der Waals surface area contributed by atoms with Crippen molar-refractivity contribution >= 4 is 38.9 Å². The van der Waals surface area contributed by atoms with Crippen molar-refractivity contribution in [3.05, 3.63) is 22.2 Å². The number of anilines is 1. The fourth-order valence-corrected chi connectivity index (χ4v) is 5.08. The van der Waals surface area contributed by atoms with Gasteiger partial charge < -0.3 is 5.73 Å². The van der Waals surface area contributed by atoms with E-state index < -0.39 is 10.0 Å². The van der Waals surface area contributed by atoms with Crippen molar-refractivity contribution in [3.63, 3.8) is 0 Å². The van der Waals surface area contributed by atoms with Crippen molar-refractivity contribution in [1.29, 1.82) is 0 Å². The second-order valence-electron chi connectivity index (χ2n) is 5.86. The molecule has 112 valence electrons. The van der Waals surface area contributed by atoms with Crippen LogP contribution in [0, 0.1) is 5.41 Å². The quantitative estimate of drug-likeness (QED) is 0.830. The number of sulfonamides is 1. The molecule has 0 bridgehead atoms. The zero-order chi connectivity index (χ0) is 15.1. The predicted octanol–water partition coefficient (Wildman–Crippen LogP) is 3.43. The van der Waals surface area contributed by atoms with Crippen molar-refractivity contribution in [3.8, 4) is 0 Å². The average molecular weight is 337 g/mol. The lowest BCUT2D eigenvalue weighted by Crippen LogP contribution is -2.41. The molecule has 7 heteroatoms. The lowest BCUT2D eigenvalue weighted by atomic mass is 9.88. The SMILES string of the molecule is CC1(C)CCCC1NS(=O)(=O)c1c(N)cc(Cl)cc1Cl. The van der Waals surface area contributed by atoms with Gasteiger partial charge in [-0.1, -0.05) is 43.5 Å². The van der Waals surface area contributed by atoms with E-state index in [4.69, 9.17) is 28.9 Å². The molecule has 1 aromatic carbocycles. The van der Waals surface area contributed by atoms with E-state index in [1.54, 1.807) is 0 Å². The van der Waals surface area contributed by atoms with Gasteiger partial charge >= 0.3 is 0 Å². The molecule has 0 aromatic heterocycles. The summed E-state index contributed by atoms with van der Waals surface area (Å²) in [6.07, 6.45) is 2.81. The van der Waals surface area contributed by atoms with E-state index >= 15 is 0 Å². The first-order valence-corrected chi connectivity index (χ1v) is 8.64. The maximum Gasteiger partial charge on any atom is 0.244 e. The van der Waals surface area contributed by atoms with Crippen LogP contribution in [0.25, 0.3) is 0 Å². The summed E-state index contributed by atoms with van der Waals surface area (Å²) in [6, 6.07) is 2.66. The van der Waals surface area contributed by atoms with Crippen LogP contribution in [-0.4, -0.2) is 14.5 Å². The minimum Gasteiger partial charge on any atom is -0.398 e. The van der Waals surface area contributed by atoms with E-state index in [1.165, 1.54) is 12.1 Å². The Kier molecular flexibility index (Phi) is 4.27. The lowest BCUT2D eigenvalue weighted by molar-refractivity contribution is 0.313. The van der Waals surface area contributed by atoms with E-state index in [9.17, 15) is 8.42 Å². The molecule has 1 saturated carbocycles. The Labute approximate surface area is 129 Å². The van der Waals surface area contributed by atoms with Crippen LogP contribution in [-0.2, 0) is 10.0 Å². The summed E-state index contributed by atoms with van der Waals surface area (Å²) in [6.45, 7) is 4.11. The van der Waals surface area contributed by atoms with E-state index in [0.717, 1.165) is 19.3 Å². The van der Waals surface area contributed by atoms with Gasteiger partial charge in [0.25, 0.3) is 0 Å². The third-order valence-corrected chi connectivity index (χ3v) is 6.08. The van der Waals surface area contributed by atoms with Crippen molar-refractivity contribution in [2.75, 3.05) is 5.73 Å². The van der Waals surface area contributed by atoms with Gasteiger partial charge in [-0.05, 0) is 30.4 Å². The third-order valence-electron chi connectivity index (χ3n) is 3.86.